The maximum absolute atomic E-state index is 13.0. The zero-order valence-corrected chi connectivity index (χ0v) is 23.0. The normalized spacial score (nSPS) is 14.5. The molecular formula is C35H29N5O2. The molecule has 1 aliphatic rings. The Hall–Kier alpha value is -5.56. The molecule has 4 N–H and O–H groups in total. The van der Waals surface area contributed by atoms with Gasteiger partial charge < -0.3 is 25.5 Å². The van der Waals surface area contributed by atoms with Gasteiger partial charge in [0.1, 0.15) is 0 Å². The summed E-state index contributed by atoms with van der Waals surface area (Å²) in [6.07, 6.45) is 8.89. The third kappa shape index (κ3) is 4.81. The molecule has 7 rings (SSSR count). The van der Waals surface area contributed by atoms with Crippen LogP contribution < -0.4 is 15.5 Å². The average molecular weight is 552 g/mol. The quantitative estimate of drug-likeness (QED) is 0.174. The van der Waals surface area contributed by atoms with Crippen LogP contribution in [-0.2, 0) is 0 Å². The molecule has 3 heterocycles. The number of nitrogens with zero attached hydrogens (tertiary/aromatic N) is 1. The molecule has 6 aromatic rings. The van der Waals surface area contributed by atoms with Gasteiger partial charge in [0, 0.05) is 74.1 Å². The summed E-state index contributed by atoms with van der Waals surface area (Å²) in [7, 11) is 0. The second-order valence-corrected chi connectivity index (χ2v) is 10.6. The SMILES string of the molecule is CC1CC=Cc2cc(NC(=O)c3ccc4[nH]ccc4c3)ccc2N1c1ccc(NC(=O)c2ccc3[nH]ccc3c2)cc1. The molecule has 0 saturated carbocycles. The Morgan fingerprint density at radius 1 is 0.714 bits per heavy atom. The fraction of sp³-hybridized carbons (Fsp3) is 0.0857. The maximum Gasteiger partial charge on any atom is 0.255 e. The van der Waals surface area contributed by atoms with Crippen LogP contribution in [0.1, 0.15) is 39.6 Å². The van der Waals surface area contributed by atoms with Gasteiger partial charge in [0.25, 0.3) is 11.8 Å². The molecule has 4 aromatic carbocycles. The van der Waals surface area contributed by atoms with Crippen LogP contribution in [0.3, 0.4) is 0 Å². The Labute approximate surface area is 242 Å². The van der Waals surface area contributed by atoms with Crippen LogP contribution in [0.2, 0.25) is 0 Å². The van der Waals surface area contributed by atoms with Gasteiger partial charge in [-0.25, -0.2) is 0 Å². The van der Waals surface area contributed by atoms with Crippen LogP contribution in [0.5, 0.6) is 0 Å². The first-order valence-electron chi connectivity index (χ1n) is 14.0. The highest BCUT2D eigenvalue weighted by atomic mass is 16.2. The number of carbonyl (C=O) groups excluding carboxylic acids is 2. The third-order valence-corrected chi connectivity index (χ3v) is 7.79. The summed E-state index contributed by atoms with van der Waals surface area (Å²) >= 11 is 0. The molecule has 2 aromatic heterocycles. The van der Waals surface area contributed by atoms with Crippen LogP contribution in [0.15, 0.2) is 109 Å². The number of rotatable bonds is 5. The van der Waals surface area contributed by atoms with E-state index in [1.807, 2.05) is 97.3 Å². The number of benzene rings is 4. The monoisotopic (exact) mass is 551 g/mol. The number of H-pyrrole nitrogens is 2. The lowest BCUT2D eigenvalue weighted by molar-refractivity contribution is 0.101. The third-order valence-electron chi connectivity index (χ3n) is 7.79. The highest BCUT2D eigenvalue weighted by molar-refractivity contribution is 6.07. The van der Waals surface area contributed by atoms with Crippen molar-refractivity contribution in [1.29, 1.82) is 0 Å². The van der Waals surface area contributed by atoms with E-state index in [4.69, 9.17) is 0 Å². The molecule has 42 heavy (non-hydrogen) atoms. The minimum Gasteiger partial charge on any atom is -0.361 e. The van der Waals surface area contributed by atoms with E-state index in [2.05, 4.69) is 50.6 Å². The van der Waals surface area contributed by atoms with Crippen molar-refractivity contribution in [3.63, 3.8) is 0 Å². The summed E-state index contributed by atoms with van der Waals surface area (Å²) in [6.45, 7) is 2.19. The van der Waals surface area contributed by atoms with Crippen molar-refractivity contribution in [1.82, 2.24) is 9.97 Å². The summed E-state index contributed by atoms with van der Waals surface area (Å²) in [6, 6.07) is 29.3. The first kappa shape index (κ1) is 25.4. The molecule has 0 spiro atoms. The Morgan fingerprint density at radius 3 is 1.95 bits per heavy atom. The van der Waals surface area contributed by atoms with E-state index in [-0.39, 0.29) is 17.9 Å². The van der Waals surface area contributed by atoms with E-state index >= 15 is 0 Å². The number of hydrogen-bond donors (Lipinski definition) is 4. The first-order valence-corrected chi connectivity index (χ1v) is 14.0. The standard InChI is InChI=1S/C35H29N5O2/c1-22-3-2-4-25-21-29(39-35(42)27-6-13-32-24(20-27)16-18-37-32)9-14-33(25)40(22)30-10-7-28(8-11-30)38-34(41)26-5-12-31-23(19-26)15-17-36-31/h2,4-22,36-37H,3H2,1H3,(H,38,41)(H,39,42). The van der Waals surface area contributed by atoms with Gasteiger partial charge in [-0.15, -0.1) is 0 Å². The lowest BCUT2D eigenvalue weighted by atomic mass is 10.1. The van der Waals surface area contributed by atoms with Gasteiger partial charge in [-0.05, 0) is 110 Å². The van der Waals surface area contributed by atoms with Crippen molar-refractivity contribution in [3.05, 3.63) is 126 Å². The lowest BCUT2D eigenvalue weighted by Gasteiger charge is -2.31. The number of fused-ring (bicyclic) bond motifs is 3. The van der Waals surface area contributed by atoms with E-state index < -0.39 is 0 Å². The smallest absolute Gasteiger partial charge is 0.255 e. The highest BCUT2D eigenvalue weighted by Gasteiger charge is 2.21. The van der Waals surface area contributed by atoms with Crippen molar-refractivity contribution in [2.45, 2.75) is 19.4 Å². The number of carbonyl (C=O) groups is 2. The van der Waals surface area contributed by atoms with Gasteiger partial charge >= 0.3 is 0 Å². The molecule has 1 unspecified atom stereocenters. The van der Waals surface area contributed by atoms with Gasteiger partial charge in [-0.1, -0.05) is 12.2 Å². The number of amides is 2. The van der Waals surface area contributed by atoms with Gasteiger partial charge in [-0.2, -0.15) is 0 Å². The van der Waals surface area contributed by atoms with Gasteiger partial charge in [-0.3, -0.25) is 9.59 Å². The molecule has 7 nitrogen and oxygen atoms in total. The molecule has 206 valence electrons. The van der Waals surface area contributed by atoms with E-state index in [1.54, 1.807) is 0 Å². The topological polar surface area (TPSA) is 93.0 Å². The molecule has 1 aliphatic heterocycles. The molecule has 1 atom stereocenters. The largest absolute Gasteiger partial charge is 0.361 e. The number of nitrogens with one attached hydrogen (secondary N) is 4. The summed E-state index contributed by atoms with van der Waals surface area (Å²) in [5.74, 6) is -0.294. The van der Waals surface area contributed by atoms with Gasteiger partial charge in [0.05, 0.1) is 0 Å². The summed E-state index contributed by atoms with van der Waals surface area (Å²) in [4.78, 5) is 34.5. The van der Waals surface area contributed by atoms with Crippen LogP contribution in [0, 0.1) is 0 Å². The van der Waals surface area contributed by atoms with Crippen LogP contribution in [0.25, 0.3) is 27.9 Å². The minimum atomic E-state index is -0.147. The molecule has 0 bridgehead atoms. The highest BCUT2D eigenvalue weighted by Crippen LogP contribution is 2.37. The fourth-order valence-electron chi connectivity index (χ4n) is 5.61. The van der Waals surface area contributed by atoms with Crippen LogP contribution in [0.4, 0.5) is 22.7 Å². The fourth-order valence-corrected chi connectivity index (χ4v) is 5.61. The number of anilines is 4. The van der Waals surface area contributed by atoms with Crippen molar-refractivity contribution in [3.8, 4) is 0 Å². The second-order valence-electron chi connectivity index (χ2n) is 10.6. The Bertz CT molecular complexity index is 1980. The number of hydrogen-bond acceptors (Lipinski definition) is 3. The summed E-state index contributed by atoms with van der Waals surface area (Å²) < 4.78 is 0. The Balaban J connectivity index is 1.10. The summed E-state index contributed by atoms with van der Waals surface area (Å²) in [5, 5.41) is 8.07. The van der Waals surface area contributed by atoms with Gasteiger partial charge in [0.2, 0.25) is 0 Å². The predicted octanol–water partition coefficient (Wildman–Crippen LogP) is 8.10. The molecular weight excluding hydrogens is 522 g/mol. The zero-order chi connectivity index (χ0) is 28.6. The summed E-state index contributed by atoms with van der Waals surface area (Å²) in [5.41, 5.74) is 7.80. The van der Waals surface area contributed by atoms with Crippen molar-refractivity contribution >= 4 is 62.4 Å². The number of aromatic nitrogens is 2. The van der Waals surface area contributed by atoms with E-state index in [0.717, 1.165) is 56.5 Å². The molecule has 7 heteroatoms. The van der Waals surface area contributed by atoms with Crippen molar-refractivity contribution < 1.29 is 9.59 Å². The predicted molar refractivity (Wildman–Crippen MR) is 171 cm³/mol. The van der Waals surface area contributed by atoms with Crippen molar-refractivity contribution in [2.75, 3.05) is 15.5 Å². The van der Waals surface area contributed by atoms with E-state index in [0.29, 0.717) is 11.1 Å². The van der Waals surface area contributed by atoms with E-state index in [9.17, 15) is 9.59 Å². The maximum atomic E-state index is 13.0. The van der Waals surface area contributed by atoms with Gasteiger partial charge in [0.15, 0.2) is 0 Å². The Morgan fingerprint density at radius 2 is 1.31 bits per heavy atom. The molecule has 0 fully saturated rings. The lowest BCUT2D eigenvalue weighted by Crippen LogP contribution is -2.27. The minimum absolute atomic E-state index is 0.147. The molecule has 0 radical (unpaired) electrons. The molecule has 0 saturated heterocycles. The van der Waals surface area contributed by atoms with E-state index in [1.165, 1.54) is 0 Å². The van der Waals surface area contributed by atoms with Crippen molar-refractivity contribution in [2.24, 2.45) is 0 Å². The molecule has 2 amide bonds. The molecule has 0 aliphatic carbocycles. The zero-order valence-electron chi connectivity index (χ0n) is 23.0. The first-order chi connectivity index (χ1) is 20.5. The average Bonchev–Trinajstić information content (AvgIpc) is 3.64. The second kappa shape index (κ2) is 10.4. The number of aromatic amines is 2. The van der Waals surface area contributed by atoms with Crippen LogP contribution in [-0.4, -0.2) is 27.8 Å². The van der Waals surface area contributed by atoms with Crippen LogP contribution >= 0.6 is 0 Å². The Kier molecular flexibility index (Phi) is 6.32.